The Bertz CT molecular complexity index is 642. The third-order valence-corrected chi connectivity index (χ3v) is 3.18. The maximum Gasteiger partial charge on any atom is 0.341 e. The van der Waals surface area contributed by atoms with E-state index in [1.165, 1.54) is 13.3 Å². The molecule has 0 bridgehead atoms. The number of fused-ring (bicyclic) bond motifs is 1. The number of methoxy groups -OCH3 is 1. The number of ether oxygens (including phenoxy) is 1. The summed E-state index contributed by atoms with van der Waals surface area (Å²) in [6.45, 7) is 6.38. The van der Waals surface area contributed by atoms with E-state index >= 15 is 0 Å². The van der Waals surface area contributed by atoms with Crippen LogP contribution in [-0.2, 0) is 10.2 Å². The molecule has 1 aromatic heterocycles. The lowest BCUT2D eigenvalue weighted by Gasteiger charge is -2.19. The number of benzene rings is 1. The summed E-state index contributed by atoms with van der Waals surface area (Å²) in [6.07, 6.45) is 1.46. The molecule has 0 atom stereocenters. The van der Waals surface area contributed by atoms with E-state index in [0.29, 0.717) is 11.3 Å². The number of aromatic nitrogens is 1. The number of nitrogen functional groups attached to an aromatic ring is 1. The lowest BCUT2D eigenvalue weighted by molar-refractivity contribution is 0.0601. The minimum Gasteiger partial charge on any atom is -0.465 e. The van der Waals surface area contributed by atoms with Gasteiger partial charge in [-0.15, -0.1) is 0 Å². The Morgan fingerprint density at radius 1 is 1.32 bits per heavy atom. The molecule has 0 radical (unpaired) electrons. The maximum atomic E-state index is 11.6. The molecule has 0 aliphatic carbocycles. The molecule has 2 N–H and O–H groups in total. The van der Waals surface area contributed by atoms with E-state index in [0.717, 1.165) is 16.5 Å². The summed E-state index contributed by atoms with van der Waals surface area (Å²) >= 11 is 0. The topological polar surface area (TPSA) is 65.2 Å². The van der Waals surface area contributed by atoms with Crippen LogP contribution in [0.4, 0.5) is 5.69 Å². The number of nitrogens with zero attached hydrogens (tertiary/aromatic N) is 1. The first-order valence-electron chi connectivity index (χ1n) is 6.11. The SMILES string of the molecule is COC(=O)c1cnc2ccc(C(C)(C)C)cc2c1N. The van der Waals surface area contributed by atoms with Gasteiger partial charge in [-0.25, -0.2) is 4.79 Å². The molecule has 2 rings (SSSR count). The molecular weight excluding hydrogens is 240 g/mol. The molecule has 0 unspecified atom stereocenters. The average Bonchev–Trinajstić information content (AvgIpc) is 2.37. The number of hydrogen-bond donors (Lipinski definition) is 1. The summed E-state index contributed by atoms with van der Waals surface area (Å²) in [4.78, 5) is 15.9. The van der Waals surface area contributed by atoms with Crippen LogP contribution in [0.5, 0.6) is 0 Å². The standard InChI is InChI=1S/C15H18N2O2/c1-15(2,3)9-5-6-12-10(7-9)13(16)11(8-17-12)14(18)19-4/h5-8H,1-4H3,(H2,16,17). The van der Waals surface area contributed by atoms with E-state index in [-0.39, 0.29) is 5.41 Å². The van der Waals surface area contributed by atoms with Crippen molar-refractivity contribution in [2.45, 2.75) is 26.2 Å². The van der Waals surface area contributed by atoms with Gasteiger partial charge < -0.3 is 10.5 Å². The van der Waals surface area contributed by atoms with Gasteiger partial charge in [-0.1, -0.05) is 26.8 Å². The smallest absolute Gasteiger partial charge is 0.341 e. The Labute approximate surface area is 112 Å². The Morgan fingerprint density at radius 2 is 2.00 bits per heavy atom. The Kier molecular flexibility index (Phi) is 3.18. The van der Waals surface area contributed by atoms with Crippen LogP contribution in [0.1, 0.15) is 36.7 Å². The maximum absolute atomic E-state index is 11.6. The second-order valence-corrected chi connectivity index (χ2v) is 5.56. The molecule has 0 amide bonds. The zero-order valence-corrected chi connectivity index (χ0v) is 11.7. The van der Waals surface area contributed by atoms with Crippen molar-refractivity contribution < 1.29 is 9.53 Å². The fourth-order valence-electron chi connectivity index (χ4n) is 1.95. The summed E-state index contributed by atoms with van der Waals surface area (Å²) < 4.78 is 4.70. The third-order valence-electron chi connectivity index (χ3n) is 3.18. The zero-order valence-electron chi connectivity index (χ0n) is 11.7. The minimum atomic E-state index is -0.465. The average molecular weight is 258 g/mol. The zero-order chi connectivity index (χ0) is 14.2. The van der Waals surface area contributed by atoms with Crippen LogP contribution in [0.2, 0.25) is 0 Å². The van der Waals surface area contributed by atoms with Crippen LogP contribution >= 0.6 is 0 Å². The number of anilines is 1. The van der Waals surface area contributed by atoms with Crippen LogP contribution in [-0.4, -0.2) is 18.1 Å². The molecule has 1 heterocycles. The lowest BCUT2D eigenvalue weighted by Crippen LogP contribution is -2.12. The van der Waals surface area contributed by atoms with Gasteiger partial charge in [0.2, 0.25) is 0 Å². The number of esters is 1. The van der Waals surface area contributed by atoms with Gasteiger partial charge in [0.25, 0.3) is 0 Å². The molecule has 2 aromatic rings. The summed E-state index contributed by atoms with van der Waals surface area (Å²) in [6, 6.07) is 5.95. The fourth-order valence-corrected chi connectivity index (χ4v) is 1.95. The quantitative estimate of drug-likeness (QED) is 0.799. The molecule has 100 valence electrons. The fraction of sp³-hybridized carbons (Fsp3) is 0.333. The molecule has 0 aliphatic rings. The van der Waals surface area contributed by atoms with Gasteiger partial charge in [0.15, 0.2) is 0 Å². The molecule has 0 aliphatic heterocycles. The van der Waals surface area contributed by atoms with Crippen LogP contribution < -0.4 is 5.73 Å². The van der Waals surface area contributed by atoms with Crippen molar-refractivity contribution >= 4 is 22.6 Å². The van der Waals surface area contributed by atoms with Crippen LogP contribution in [0.3, 0.4) is 0 Å². The van der Waals surface area contributed by atoms with E-state index in [2.05, 4.69) is 25.8 Å². The van der Waals surface area contributed by atoms with Crippen molar-refractivity contribution in [2.24, 2.45) is 0 Å². The van der Waals surface area contributed by atoms with Crippen molar-refractivity contribution in [3.8, 4) is 0 Å². The first kappa shape index (κ1) is 13.3. The predicted molar refractivity (Wildman–Crippen MR) is 76.2 cm³/mol. The number of hydrogen-bond acceptors (Lipinski definition) is 4. The number of carbonyl (C=O) groups excluding carboxylic acids is 1. The van der Waals surface area contributed by atoms with E-state index in [1.54, 1.807) is 0 Å². The van der Waals surface area contributed by atoms with Crippen LogP contribution in [0.25, 0.3) is 10.9 Å². The second-order valence-electron chi connectivity index (χ2n) is 5.56. The number of nitrogens with two attached hydrogens (primary N) is 1. The first-order valence-corrected chi connectivity index (χ1v) is 6.11. The Balaban J connectivity index is 2.69. The monoisotopic (exact) mass is 258 g/mol. The molecule has 4 nitrogen and oxygen atoms in total. The van der Waals surface area contributed by atoms with Crippen molar-refractivity contribution in [3.63, 3.8) is 0 Å². The summed E-state index contributed by atoms with van der Waals surface area (Å²) in [5, 5.41) is 0.787. The Hall–Kier alpha value is -2.10. The highest BCUT2D eigenvalue weighted by Crippen LogP contribution is 2.29. The molecule has 1 aromatic carbocycles. The van der Waals surface area contributed by atoms with Crippen LogP contribution in [0.15, 0.2) is 24.4 Å². The van der Waals surface area contributed by atoms with Gasteiger partial charge in [0.05, 0.1) is 18.3 Å². The van der Waals surface area contributed by atoms with Gasteiger partial charge in [-0.3, -0.25) is 4.98 Å². The third kappa shape index (κ3) is 2.38. The largest absolute Gasteiger partial charge is 0.465 e. The van der Waals surface area contributed by atoms with E-state index in [1.807, 2.05) is 18.2 Å². The molecule has 0 saturated carbocycles. The molecule has 4 heteroatoms. The number of carbonyl (C=O) groups is 1. The van der Waals surface area contributed by atoms with Gasteiger partial charge in [0, 0.05) is 11.6 Å². The van der Waals surface area contributed by atoms with Gasteiger partial charge in [0.1, 0.15) is 5.56 Å². The predicted octanol–water partition coefficient (Wildman–Crippen LogP) is 2.90. The van der Waals surface area contributed by atoms with Crippen LogP contribution in [0, 0.1) is 0 Å². The van der Waals surface area contributed by atoms with Crippen molar-refractivity contribution in [2.75, 3.05) is 12.8 Å². The minimum absolute atomic E-state index is 0.0158. The highest BCUT2D eigenvalue weighted by atomic mass is 16.5. The Morgan fingerprint density at radius 3 is 2.58 bits per heavy atom. The van der Waals surface area contributed by atoms with Crippen molar-refractivity contribution in [3.05, 3.63) is 35.5 Å². The summed E-state index contributed by atoms with van der Waals surface area (Å²) in [5.41, 5.74) is 8.73. The molecule has 0 saturated heterocycles. The normalized spacial score (nSPS) is 11.6. The second kappa shape index (κ2) is 4.53. The highest BCUT2D eigenvalue weighted by molar-refractivity contribution is 6.04. The van der Waals surface area contributed by atoms with E-state index in [9.17, 15) is 4.79 Å². The van der Waals surface area contributed by atoms with Crippen molar-refractivity contribution in [1.29, 1.82) is 0 Å². The van der Waals surface area contributed by atoms with Gasteiger partial charge in [-0.05, 0) is 23.1 Å². The molecule has 0 spiro atoms. The van der Waals surface area contributed by atoms with Gasteiger partial charge in [-0.2, -0.15) is 0 Å². The van der Waals surface area contributed by atoms with Crippen molar-refractivity contribution in [1.82, 2.24) is 4.98 Å². The van der Waals surface area contributed by atoms with E-state index < -0.39 is 5.97 Å². The van der Waals surface area contributed by atoms with E-state index in [4.69, 9.17) is 10.5 Å². The highest BCUT2D eigenvalue weighted by Gasteiger charge is 2.17. The summed E-state index contributed by atoms with van der Waals surface area (Å²) in [7, 11) is 1.33. The molecule has 19 heavy (non-hydrogen) atoms. The first-order chi connectivity index (χ1) is 8.84. The molecular formula is C15H18N2O2. The van der Waals surface area contributed by atoms with Gasteiger partial charge >= 0.3 is 5.97 Å². The number of rotatable bonds is 1. The molecule has 0 fully saturated rings. The summed E-state index contributed by atoms with van der Waals surface area (Å²) in [5.74, 6) is -0.465. The number of pyridine rings is 1. The lowest BCUT2D eigenvalue weighted by atomic mass is 9.86.